The zero-order chi connectivity index (χ0) is 15.9. The number of nitrogen functional groups attached to an aromatic ring is 1. The van der Waals surface area contributed by atoms with E-state index in [4.69, 9.17) is 10.5 Å². The van der Waals surface area contributed by atoms with Gasteiger partial charge in [0.05, 0.1) is 12.2 Å². The molecule has 5 heteroatoms. The molecular weight excluding hydrogens is 296 g/mol. The molecule has 4 nitrogen and oxygen atoms in total. The SMILES string of the molecule is CCCCCCCN1CCc2c(sc(N)c2C(=O)OCC)C1. The van der Waals surface area contributed by atoms with Crippen LogP contribution in [0.25, 0.3) is 0 Å². The third-order valence-corrected chi connectivity index (χ3v) is 5.27. The zero-order valence-corrected chi connectivity index (χ0v) is 14.6. The van der Waals surface area contributed by atoms with Gasteiger partial charge in [0.2, 0.25) is 0 Å². The van der Waals surface area contributed by atoms with Crippen LogP contribution in [0.1, 0.15) is 66.8 Å². The standard InChI is InChI=1S/C17H28N2O2S/c1-3-5-6-7-8-10-19-11-9-13-14(12-19)22-16(18)15(13)17(20)21-4-2/h3-12,18H2,1-2H3. The van der Waals surface area contributed by atoms with Gasteiger partial charge in [-0.15, -0.1) is 11.3 Å². The molecule has 1 aromatic heterocycles. The van der Waals surface area contributed by atoms with Crippen molar-refractivity contribution in [1.82, 2.24) is 4.90 Å². The fourth-order valence-electron chi connectivity index (χ4n) is 3.03. The Kier molecular flexibility index (Phi) is 6.70. The number of ether oxygens (including phenoxy) is 1. The maximum atomic E-state index is 12.0. The quantitative estimate of drug-likeness (QED) is 0.583. The molecule has 2 N–H and O–H groups in total. The van der Waals surface area contributed by atoms with Crippen LogP contribution >= 0.6 is 11.3 Å². The highest BCUT2D eigenvalue weighted by Gasteiger charge is 2.27. The minimum atomic E-state index is -0.259. The van der Waals surface area contributed by atoms with Crippen molar-refractivity contribution in [2.45, 2.75) is 58.9 Å². The van der Waals surface area contributed by atoms with Crippen LogP contribution < -0.4 is 5.73 Å². The van der Waals surface area contributed by atoms with Crippen LogP contribution in [0.4, 0.5) is 5.00 Å². The van der Waals surface area contributed by atoms with E-state index >= 15 is 0 Å². The monoisotopic (exact) mass is 324 g/mol. The van der Waals surface area contributed by atoms with Gasteiger partial charge in [0, 0.05) is 18.0 Å². The molecule has 0 aromatic carbocycles. The number of nitrogens with two attached hydrogens (primary N) is 1. The van der Waals surface area contributed by atoms with Gasteiger partial charge in [-0.1, -0.05) is 32.6 Å². The summed E-state index contributed by atoms with van der Waals surface area (Å²) in [7, 11) is 0. The van der Waals surface area contributed by atoms with Gasteiger partial charge < -0.3 is 10.5 Å². The molecule has 0 fully saturated rings. The highest BCUT2D eigenvalue weighted by molar-refractivity contribution is 7.16. The molecule has 2 rings (SSSR count). The molecule has 0 amide bonds. The van der Waals surface area contributed by atoms with E-state index in [0.717, 1.165) is 31.6 Å². The van der Waals surface area contributed by atoms with Crippen molar-refractivity contribution in [1.29, 1.82) is 0 Å². The van der Waals surface area contributed by atoms with E-state index in [-0.39, 0.29) is 5.97 Å². The summed E-state index contributed by atoms with van der Waals surface area (Å²) < 4.78 is 5.14. The Bertz CT molecular complexity index is 499. The third kappa shape index (κ3) is 4.23. The van der Waals surface area contributed by atoms with Gasteiger partial charge in [0.25, 0.3) is 0 Å². The van der Waals surface area contributed by atoms with Crippen LogP contribution in [0.3, 0.4) is 0 Å². The fourth-order valence-corrected chi connectivity index (χ4v) is 4.18. The first-order chi connectivity index (χ1) is 10.7. The van der Waals surface area contributed by atoms with Crippen molar-refractivity contribution in [2.24, 2.45) is 0 Å². The van der Waals surface area contributed by atoms with Crippen LogP contribution in [0.2, 0.25) is 0 Å². The molecule has 124 valence electrons. The number of anilines is 1. The highest BCUT2D eigenvalue weighted by Crippen LogP contribution is 2.35. The number of carbonyl (C=O) groups excluding carboxylic acids is 1. The second-order valence-corrected chi connectivity index (χ2v) is 7.04. The lowest BCUT2D eigenvalue weighted by atomic mass is 10.0. The Labute approximate surface area is 137 Å². The molecule has 0 unspecified atom stereocenters. The maximum absolute atomic E-state index is 12.0. The van der Waals surface area contributed by atoms with E-state index in [2.05, 4.69) is 11.8 Å². The van der Waals surface area contributed by atoms with E-state index in [9.17, 15) is 4.79 Å². The van der Waals surface area contributed by atoms with Crippen molar-refractivity contribution in [3.8, 4) is 0 Å². The molecule has 22 heavy (non-hydrogen) atoms. The van der Waals surface area contributed by atoms with E-state index in [1.54, 1.807) is 11.3 Å². The number of carbonyl (C=O) groups is 1. The lowest BCUT2D eigenvalue weighted by Crippen LogP contribution is -2.31. The van der Waals surface area contributed by atoms with E-state index in [0.29, 0.717) is 17.2 Å². The first-order valence-electron chi connectivity index (χ1n) is 8.46. The summed E-state index contributed by atoms with van der Waals surface area (Å²) in [6.45, 7) is 7.56. The van der Waals surface area contributed by atoms with Gasteiger partial charge in [0.1, 0.15) is 5.00 Å². The van der Waals surface area contributed by atoms with Gasteiger partial charge in [-0.2, -0.15) is 0 Å². The average Bonchev–Trinajstić information content (AvgIpc) is 2.82. The number of esters is 1. The largest absolute Gasteiger partial charge is 0.462 e. The lowest BCUT2D eigenvalue weighted by Gasteiger charge is -2.27. The smallest absolute Gasteiger partial charge is 0.341 e. The molecule has 1 aliphatic rings. The summed E-state index contributed by atoms with van der Waals surface area (Å²) in [5.74, 6) is -0.259. The minimum absolute atomic E-state index is 0.259. The number of fused-ring (bicyclic) bond motifs is 1. The zero-order valence-electron chi connectivity index (χ0n) is 13.8. The Morgan fingerprint density at radius 1 is 1.27 bits per heavy atom. The first-order valence-corrected chi connectivity index (χ1v) is 9.28. The molecule has 0 saturated carbocycles. The first kappa shape index (κ1) is 17.3. The fraction of sp³-hybridized carbons (Fsp3) is 0.706. The summed E-state index contributed by atoms with van der Waals surface area (Å²) >= 11 is 1.56. The predicted molar refractivity (Wildman–Crippen MR) is 92.4 cm³/mol. The van der Waals surface area contributed by atoms with Gasteiger partial charge in [-0.3, -0.25) is 4.90 Å². The summed E-state index contributed by atoms with van der Waals surface area (Å²) in [6.07, 6.45) is 7.46. The molecule has 0 atom stereocenters. The molecular formula is C17H28N2O2S. The number of hydrogen-bond donors (Lipinski definition) is 1. The normalized spacial score (nSPS) is 14.8. The number of hydrogen-bond acceptors (Lipinski definition) is 5. The van der Waals surface area contributed by atoms with Crippen molar-refractivity contribution in [3.63, 3.8) is 0 Å². The molecule has 2 heterocycles. The van der Waals surface area contributed by atoms with E-state index in [1.807, 2.05) is 6.92 Å². The Morgan fingerprint density at radius 2 is 2.05 bits per heavy atom. The highest BCUT2D eigenvalue weighted by atomic mass is 32.1. The van der Waals surface area contributed by atoms with Crippen LogP contribution in [-0.4, -0.2) is 30.6 Å². The topological polar surface area (TPSA) is 55.6 Å². The summed E-state index contributed by atoms with van der Waals surface area (Å²) in [5, 5.41) is 0.619. The van der Waals surface area contributed by atoms with Crippen LogP contribution in [-0.2, 0) is 17.7 Å². The number of unbranched alkanes of at least 4 members (excludes halogenated alkanes) is 4. The summed E-state index contributed by atoms with van der Waals surface area (Å²) in [6, 6.07) is 0. The van der Waals surface area contributed by atoms with E-state index < -0.39 is 0 Å². The van der Waals surface area contributed by atoms with Crippen molar-refractivity contribution in [3.05, 3.63) is 16.0 Å². The second-order valence-electron chi connectivity index (χ2n) is 5.90. The number of nitrogens with zero attached hydrogens (tertiary/aromatic N) is 1. The number of rotatable bonds is 8. The molecule has 0 aliphatic carbocycles. The second kappa shape index (κ2) is 8.53. The molecule has 0 bridgehead atoms. The number of thiophene rings is 1. The van der Waals surface area contributed by atoms with Gasteiger partial charge >= 0.3 is 5.97 Å². The molecule has 1 aromatic rings. The lowest BCUT2D eigenvalue weighted by molar-refractivity contribution is 0.0526. The Morgan fingerprint density at radius 3 is 2.77 bits per heavy atom. The molecule has 1 aliphatic heterocycles. The average molecular weight is 324 g/mol. The summed E-state index contributed by atoms with van der Waals surface area (Å²) in [5.41, 5.74) is 7.81. The molecule has 0 spiro atoms. The van der Waals surface area contributed by atoms with E-state index in [1.165, 1.54) is 37.0 Å². The summed E-state index contributed by atoms with van der Waals surface area (Å²) in [4.78, 5) is 15.8. The minimum Gasteiger partial charge on any atom is -0.462 e. The predicted octanol–water partition coefficient (Wildman–Crippen LogP) is 3.84. The molecule has 0 saturated heterocycles. The Hall–Kier alpha value is -1.07. The third-order valence-electron chi connectivity index (χ3n) is 4.22. The molecule has 0 radical (unpaired) electrons. The van der Waals surface area contributed by atoms with Crippen molar-refractivity contribution < 1.29 is 9.53 Å². The maximum Gasteiger partial charge on any atom is 0.341 e. The van der Waals surface area contributed by atoms with Crippen LogP contribution in [0, 0.1) is 0 Å². The van der Waals surface area contributed by atoms with Crippen LogP contribution in [0.15, 0.2) is 0 Å². The Balaban J connectivity index is 1.91. The van der Waals surface area contributed by atoms with Gasteiger partial charge in [-0.05, 0) is 31.9 Å². The van der Waals surface area contributed by atoms with Gasteiger partial charge in [-0.25, -0.2) is 4.79 Å². The van der Waals surface area contributed by atoms with Crippen LogP contribution in [0.5, 0.6) is 0 Å². The van der Waals surface area contributed by atoms with Crippen molar-refractivity contribution >= 4 is 22.3 Å². The van der Waals surface area contributed by atoms with Crippen molar-refractivity contribution in [2.75, 3.05) is 25.4 Å². The van der Waals surface area contributed by atoms with Gasteiger partial charge in [0.15, 0.2) is 0 Å².